The highest BCUT2D eigenvalue weighted by Crippen LogP contribution is 2.27. The quantitative estimate of drug-likeness (QED) is 0.580. The molecule has 0 saturated heterocycles. The first-order chi connectivity index (χ1) is 6.74. The van der Waals surface area contributed by atoms with E-state index in [2.05, 4.69) is 16.8 Å². The number of nitro benzene ring substituents is 1. The number of nitrogens with one attached hydrogen (secondary N) is 1. The Bertz CT molecular complexity index is 516. The SMILES string of the molecule is C=Cc1n[nH]c2cccc([N+](=O)[O-])c12. The molecule has 14 heavy (non-hydrogen) atoms. The Labute approximate surface area is 79.2 Å². The number of hydrogen-bond donors (Lipinski definition) is 1. The van der Waals surface area contributed by atoms with Crippen molar-refractivity contribution in [3.63, 3.8) is 0 Å². The molecule has 5 heteroatoms. The molecule has 1 aromatic carbocycles. The smallest absolute Gasteiger partial charge is 0.277 e. The lowest BCUT2D eigenvalue weighted by Crippen LogP contribution is -1.88. The van der Waals surface area contributed by atoms with Crippen LogP contribution in [0, 0.1) is 10.1 Å². The van der Waals surface area contributed by atoms with E-state index in [4.69, 9.17) is 0 Å². The van der Waals surface area contributed by atoms with Crippen molar-refractivity contribution in [3.05, 3.63) is 40.6 Å². The number of aromatic nitrogens is 2. The molecule has 0 atom stereocenters. The first-order valence-electron chi connectivity index (χ1n) is 3.98. The Hall–Kier alpha value is -2.17. The van der Waals surface area contributed by atoms with E-state index < -0.39 is 4.92 Å². The van der Waals surface area contributed by atoms with Gasteiger partial charge >= 0.3 is 0 Å². The van der Waals surface area contributed by atoms with Crippen molar-refractivity contribution in [1.82, 2.24) is 10.2 Å². The molecular formula is C9H7N3O2. The van der Waals surface area contributed by atoms with Crippen molar-refractivity contribution in [2.24, 2.45) is 0 Å². The average molecular weight is 189 g/mol. The van der Waals surface area contributed by atoms with Crippen LogP contribution in [0.5, 0.6) is 0 Å². The average Bonchev–Trinajstić information content (AvgIpc) is 2.59. The second-order valence-electron chi connectivity index (χ2n) is 2.77. The zero-order valence-electron chi connectivity index (χ0n) is 7.23. The van der Waals surface area contributed by atoms with Crippen LogP contribution >= 0.6 is 0 Å². The van der Waals surface area contributed by atoms with Crippen LogP contribution in [0.15, 0.2) is 24.8 Å². The summed E-state index contributed by atoms with van der Waals surface area (Å²) in [4.78, 5) is 10.3. The van der Waals surface area contributed by atoms with E-state index in [0.29, 0.717) is 16.6 Å². The number of nitrogens with zero attached hydrogens (tertiary/aromatic N) is 2. The van der Waals surface area contributed by atoms with E-state index >= 15 is 0 Å². The van der Waals surface area contributed by atoms with Gasteiger partial charge in [-0.25, -0.2) is 0 Å². The number of fused-ring (bicyclic) bond motifs is 1. The molecule has 0 spiro atoms. The van der Waals surface area contributed by atoms with Gasteiger partial charge in [0.25, 0.3) is 5.69 Å². The topological polar surface area (TPSA) is 71.8 Å². The van der Waals surface area contributed by atoms with Gasteiger partial charge in [-0.3, -0.25) is 15.2 Å². The van der Waals surface area contributed by atoms with Gasteiger partial charge in [-0.1, -0.05) is 12.6 Å². The van der Waals surface area contributed by atoms with Crippen molar-refractivity contribution in [2.45, 2.75) is 0 Å². The van der Waals surface area contributed by atoms with Gasteiger partial charge in [0.2, 0.25) is 0 Å². The zero-order valence-corrected chi connectivity index (χ0v) is 7.23. The summed E-state index contributed by atoms with van der Waals surface area (Å²) in [6.07, 6.45) is 1.49. The first kappa shape index (κ1) is 8.43. The summed E-state index contributed by atoms with van der Waals surface area (Å²) in [5.74, 6) is 0. The van der Waals surface area contributed by atoms with Gasteiger partial charge in [0.05, 0.1) is 16.1 Å². The molecule has 0 radical (unpaired) electrons. The summed E-state index contributed by atoms with van der Waals surface area (Å²) in [7, 11) is 0. The number of aromatic amines is 1. The lowest BCUT2D eigenvalue weighted by molar-refractivity contribution is -0.383. The van der Waals surface area contributed by atoms with E-state index in [1.807, 2.05) is 0 Å². The number of benzene rings is 1. The Morgan fingerprint density at radius 2 is 2.36 bits per heavy atom. The van der Waals surface area contributed by atoms with Crippen molar-refractivity contribution in [2.75, 3.05) is 0 Å². The Balaban J connectivity index is 2.88. The minimum absolute atomic E-state index is 0.0474. The lowest BCUT2D eigenvalue weighted by atomic mass is 10.2. The van der Waals surface area contributed by atoms with E-state index in [1.165, 1.54) is 12.1 Å². The molecule has 2 rings (SSSR count). The summed E-state index contributed by atoms with van der Waals surface area (Å²) < 4.78 is 0. The van der Waals surface area contributed by atoms with E-state index in [0.717, 1.165) is 0 Å². The van der Waals surface area contributed by atoms with Crippen molar-refractivity contribution >= 4 is 22.7 Å². The third kappa shape index (κ3) is 1.06. The first-order valence-corrected chi connectivity index (χ1v) is 3.98. The largest absolute Gasteiger partial charge is 0.281 e. The van der Waals surface area contributed by atoms with Crippen LogP contribution in [0.2, 0.25) is 0 Å². The van der Waals surface area contributed by atoms with Crippen LogP contribution in [0.25, 0.3) is 17.0 Å². The highest BCUT2D eigenvalue weighted by molar-refractivity contribution is 5.94. The maximum absolute atomic E-state index is 10.7. The van der Waals surface area contributed by atoms with Gasteiger partial charge < -0.3 is 0 Å². The molecule has 5 nitrogen and oxygen atoms in total. The fourth-order valence-corrected chi connectivity index (χ4v) is 1.38. The molecule has 2 aromatic rings. The number of hydrogen-bond acceptors (Lipinski definition) is 3. The zero-order chi connectivity index (χ0) is 10.1. The molecule has 0 fully saturated rings. The van der Waals surface area contributed by atoms with Gasteiger partial charge in [-0.2, -0.15) is 5.10 Å². The Kier molecular flexibility index (Phi) is 1.78. The summed E-state index contributed by atoms with van der Waals surface area (Å²) in [6.45, 7) is 3.55. The third-order valence-electron chi connectivity index (χ3n) is 1.99. The number of nitro groups is 1. The summed E-state index contributed by atoms with van der Waals surface area (Å²) in [6, 6.07) is 4.80. The van der Waals surface area contributed by atoms with Crippen LogP contribution in [0.4, 0.5) is 5.69 Å². The molecule has 1 aromatic heterocycles. The summed E-state index contributed by atoms with van der Waals surface area (Å²) >= 11 is 0. The number of rotatable bonds is 2. The molecule has 1 N–H and O–H groups in total. The second kappa shape index (κ2) is 2.95. The molecule has 0 bridgehead atoms. The van der Waals surface area contributed by atoms with E-state index in [-0.39, 0.29) is 5.69 Å². The number of non-ortho nitro benzene ring substituents is 1. The maximum atomic E-state index is 10.7. The molecule has 0 unspecified atom stereocenters. The summed E-state index contributed by atoms with van der Waals surface area (Å²) in [5.41, 5.74) is 1.20. The van der Waals surface area contributed by atoms with E-state index in [1.54, 1.807) is 12.1 Å². The fourth-order valence-electron chi connectivity index (χ4n) is 1.38. The fraction of sp³-hybridized carbons (Fsp3) is 0. The van der Waals surface area contributed by atoms with Gasteiger partial charge in [0.15, 0.2) is 0 Å². The van der Waals surface area contributed by atoms with Crippen molar-refractivity contribution in [3.8, 4) is 0 Å². The maximum Gasteiger partial charge on any atom is 0.281 e. The predicted octanol–water partition coefficient (Wildman–Crippen LogP) is 2.11. The predicted molar refractivity (Wildman–Crippen MR) is 52.8 cm³/mol. The number of H-pyrrole nitrogens is 1. The highest BCUT2D eigenvalue weighted by Gasteiger charge is 2.15. The highest BCUT2D eigenvalue weighted by atomic mass is 16.6. The molecule has 1 heterocycles. The van der Waals surface area contributed by atoms with Crippen LogP contribution in [-0.2, 0) is 0 Å². The third-order valence-corrected chi connectivity index (χ3v) is 1.99. The minimum Gasteiger partial charge on any atom is -0.277 e. The molecule has 0 aliphatic carbocycles. The Morgan fingerprint density at radius 3 is 3.00 bits per heavy atom. The Morgan fingerprint density at radius 1 is 1.57 bits per heavy atom. The van der Waals surface area contributed by atoms with Crippen LogP contribution < -0.4 is 0 Å². The monoisotopic (exact) mass is 189 g/mol. The normalized spacial score (nSPS) is 10.3. The second-order valence-corrected chi connectivity index (χ2v) is 2.77. The van der Waals surface area contributed by atoms with Gasteiger partial charge in [0, 0.05) is 6.07 Å². The van der Waals surface area contributed by atoms with E-state index in [9.17, 15) is 10.1 Å². The van der Waals surface area contributed by atoms with Gasteiger partial charge in [-0.05, 0) is 12.1 Å². The van der Waals surface area contributed by atoms with Crippen LogP contribution in [-0.4, -0.2) is 15.1 Å². The van der Waals surface area contributed by atoms with Gasteiger partial charge in [0.1, 0.15) is 5.39 Å². The standard InChI is InChI=1S/C9H7N3O2/c1-2-6-9-7(11-10-6)4-3-5-8(9)12(13)14/h2-5H,1H2,(H,10,11). The van der Waals surface area contributed by atoms with Crippen LogP contribution in [0.3, 0.4) is 0 Å². The molecular weight excluding hydrogens is 182 g/mol. The van der Waals surface area contributed by atoms with Crippen LogP contribution in [0.1, 0.15) is 5.69 Å². The molecule has 70 valence electrons. The summed E-state index contributed by atoms with van der Waals surface area (Å²) in [5, 5.41) is 17.8. The lowest BCUT2D eigenvalue weighted by Gasteiger charge is -1.93. The van der Waals surface area contributed by atoms with Crippen molar-refractivity contribution < 1.29 is 4.92 Å². The molecule has 0 aliphatic rings. The minimum atomic E-state index is -0.426. The molecule has 0 saturated carbocycles. The van der Waals surface area contributed by atoms with Gasteiger partial charge in [-0.15, -0.1) is 0 Å². The molecule has 0 amide bonds. The van der Waals surface area contributed by atoms with Crippen molar-refractivity contribution in [1.29, 1.82) is 0 Å². The molecule has 0 aliphatic heterocycles.